The van der Waals surface area contributed by atoms with Crippen molar-refractivity contribution >= 4 is 11.7 Å². The number of carbonyl (C=O) groups excluding carboxylic acids is 1. The lowest BCUT2D eigenvalue weighted by Crippen LogP contribution is -2.34. The summed E-state index contributed by atoms with van der Waals surface area (Å²) in [6, 6.07) is 14.6. The number of carbonyl (C=O) groups is 1. The van der Waals surface area contributed by atoms with Crippen LogP contribution in [0.1, 0.15) is 0 Å². The Balaban J connectivity index is 1.60. The molecule has 8 heteroatoms. The third-order valence-corrected chi connectivity index (χ3v) is 3.72. The number of nitrogens with zero attached hydrogens (tertiary/aromatic N) is 2. The monoisotopic (exact) mass is 370 g/mol. The summed E-state index contributed by atoms with van der Waals surface area (Å²) in [7, 11) is 0. The summed E-state index contributed by atoms with van der Waals surface area (Å²) in [6.45, 7) is 0.235. The van der Waals surface area contributed by atoms with Gasteiger partial charge in [0.05, 0.1) is 17.9 Å². The van der Waals surface area contributed by atoms with Gasteiger partial charge in [0.2, 0.25) is 0 Å². The number of halogens is 2. The van der Waals surface area contributed by atoms with Crippen molar-refractivity contribution < 1.29 is 13.6 Å². The van der Waals surface area contributed by atoms with E-state index in [9.17, 15) is 18.4 Å². The molecule has 3 aromatic rings. The number of benzene rings is 2. The Morgan fingerprint density at radius 1 is 1.04 bits per heavy atom. The summed E-state index contributed by atoms with van der Waals surface area (Å²) in [6.07, 6.45) is 0. The number of aromatic nitrogens is 2. The maximum atomic E-state index is 13.5. The van der Waals surface area contributed by atoms with E-state index in [1.54, 1.807) is 6.07 Å². The lowest BCUT2D eigenvalue weighted by Gasteiger charge is -2.10. The fourth-order valence-electron chi connectivity index (χ4n) is 2.40. The average molecular weight is 370 g/mol. The molecule has 0 fully saturated rings. The molecule has 0 atom stereocenters. The first kappa shape index (κ1) is 18.2. The van der Waals surface area contributed by atoms with Crippen LogP contribution in [-0.4, -0.2) is 22.4 Å². The quantitative estimate of drug-likeness (QED) is 0.725. The van der Waals surface area contributed by atoms with E-state index in [1.807, 2.05) is 30.3 Å². The number of amides is 2. The van der Waals surface area contributed by atoms with Gasteiger partial charge in [0, 0.05) is 24.2 Å². The molecule has 0 bridgehead atoms. The fourth-order valence-corrected chi connectivity index (χ4v) is 2.40. The second kappa shape index (κ2) is 8.22. The van der Waals surface area contributed by atoms with Crippen LogP contribution < -0.4 is 16.2 Å². The summed E-state index contributed by atoms with van der Waals surface area (Å²) in [4.78, 5) is 23.8. The van der Waals surface area contributed by atoms with Gasteiger partial charge < -0.3 is 10.6 Å². The first-order chi connectivity index (χ1) is 13.0. The van der Waals surface area contributed by atoms with Crippen LogP contribution in [0.5, 0.6) is 0 Å². The molecule has 2 aromatic carbocycles. The third-order valence-electron chi connectivity index (χ3n) is 3.72. The van der Waals surface area contributed by atoms with Crippen LogP contribution in [0.15, 0.2) is 65.5 Å². The molecule has 0 spiro atoms. The Bertz CT molecular complexity index is 1010. The number of anilines is 1. The molecule has 0 unspecified atom stereocenters. The maximum absolute atomic E-state index is 13.5. The van der Waals surface area contributed by atoms with Crippen molar-refractivity contribution in [3.05, 3.63) is 82.7 Å². The second-order valence-electron chi connectivity index (χ2n) is 5.65. The van der Waals surface area contributed by atoms with Gasteiger partial charge in [-0.25, -0.2) is 18.3 Å². The van der Waals surface area contributed by atoms with Gasteiger partial charge >= 0.3 is 6.03 Å². The van der Waals surface area contributed by atoms with Gasteiger partial charge in [-0.1, -0.05) is 30.3 Å². The molecular formula is C19H16F2N4O2. The van der Waals surface area contributed by atoms with E-state index in [-0.39, 0.29) is 24.3 Å². The zero-order chi connectivity index (χ0) is 19.2. The topological polar surface area (TPSA) is 76.0 Å². The van der Waals surface area contributed by atoms with Gasteiger partial charge in [0.25, 0.3) is 5.56 Å². The van der Waals surface area contributed by atoms with Gasteiger partial charge in [-0.2, -0.15) is 5.10 Å². The molecule has 0 radical (unpaired) electrons. The van der Waals surface area contributed by atoms with Crippen molar-refractivity contribution in [2.75, 3.05) is 11.9 Å². The Morgan fingerprint density at radius 3 is 2.56 bits per heavy atom. The Kier molecular flexibility index (Phi) is 5.55. The van der Waals surface area contributed by atoms with E-state index in [4.69, 9.17) is 0 Å². The van der Waals surface area contributed by atoms with E-state index >= 15 is 0 Å². The minimum atomic E-state index is -0.876. The second-order valence-corrected chi connectivity index (χ2v) is 5.65. The van der Waals surface area contributed by atoms with Crippen LogP contribution in [0.3, 0.4) is 0 Å². The summed E-state index contributed by atoms with van der Waals surface area (Å²) < 4.78 is 27.6. The predicted octanol–water partition coefficient (Wildman–Crippen LogP) is 3.01. The number of rotatable bonds is 5. The van der Waals surface area contributed by atoms with Gasteiger partial charge in [-0.15, -0.1) is 0 Å². The van der Waals surface area contributed by atoms with Crippen LogP contribution in [-0.2, 0) is 6.54 Å². The molecule has 1 heterocycles. The van der Waals surface area contributed by atoms with Crippen LogP contribution in [0.4, 0.5) is 19.3 Å². The van der Waals surface area contributed by atoms with Crippen molar-refractivity contribution in [1.82, 2.24) is 15.1 Å². The van der Waals surface area contributed by atoms with Crippen molar-refractivity contribution in [1.29, 1.82) is 0 Å². The highest BCUT2D eigenvalue weighted by atomic mass is 19.1. The lowest BCUT2D eigenvalue weighted by atomic mass is 10.1. The molecule has 0 saturated carbocycles. The molecule has 0 aliphatic carbocycles. The Hall–Kier alpha value is -3.55. The smallest absolute Gasteiger partial charge is 0.319 e. The first-order valence-corrected chi connectivity index (χ1v) is 8.16. The van der Waals surface area contributed by atoms with E-state index < -0.39 is 17.7 Å². The van der Waals surface area contributed by atoms with Crippen molar-refractivity contribution in [2.24, 2.45) is 0 Å². The zero-order valence-electron chi connectivity index (χ0n) is 14.2. The van der Waals surface area contributed by atoms with Gasteiger partial charge in [-0.05, 0) is 18.2 Å². The summed E-state index contributed by atoms with van der Waals surface area (Å²) in [5, 5.41) is 9.05. The number of hydrogen-bond donors (Lipinski definition) is 2. The predicted molar refractivity (Wildman–Crippen MR) is 97.3 cm³/mol. The van der Waals surface area contributed by atoms with Crippen LogP contribution in [0.2, 0.25) is 0 Å². The highest BCUT2D eigenvalue weighted by Gasteiger charge is 2.08. The van der Waals surface area contributed by atoms with Crippen LogP contribution in [0, 0.1) is 11.6 Å². The van der Waals surface area contributed by atoms with Crippen molar-refractivity contribution in [3.63, 3.8) is 0 Å². The average Bonchev–Trinajstić information content (AvgIpc) is 2.66. The molecule has 2 N–H and O–H groups in total. The van der Waals surface area contributed by atoms with Crippen LogP contribution in [0.25, 0.3) is 11.3 Å². The summed E-state index contributed by atoms with van der Waals surface area (Å²) in [5.74, 6) is -1.61. The standard InChI is InChI=1S/C19H16F2N4O2/c20-14-6-7-17(15(21)12-14)23-19(27)22-10-11-25-18(26)9-8-16(24-25)13-4-2-1-3-5-13/h1-9,12H,10-11H2,(H2,22,23,27). The Morgan fingerprint density at radius 2 is 1.81 bits per heavy atom. The van der Waals surface area contributed by atoms with Gasteiger partial charge in [-0.3, -0.25) is 4.79 Å². The molecule has 6 nitrogen and oxygen atoms in total. The number of hydrogen-bond acceptors (Lipinski definition) is 3. The summed E-state index contributed by atoms with van der Waals surface area (Å²) >= 11 is 0. The van der Waals surface area contributed by atoms with Gasteiger partial charge in [0.15, 0.2) is 0 Å². The molecule has 0 aliphatic heterocycles. The van der Waals surface area contributed by atoms with Gasteiger partial charge in [0.1, 0.15) is 11.6 Å². The molecule has 138 valence electrons. The normalized spacial score (nSPS) is 10.4. The van der Waals surface area contributed by atoms with Crippen LogP contribution >= 0.6 is 0 Å². The molecule has 1 aromatic heterocycles. The molecule has 2 amide bonds. The molecule has 0 saturated heterocycles. The molecule has 3 rings (SSSR count). The SMILES string of the molecule is O=C(NCCn1nc(-c2ccccc2)ccc1=O)Nc1ccc(F)cc1F. The third kappa shape index (κ3) is 4.75. The molecule has 0 aliphatic rings. The zero-order valence-corrected chi connectivity index (χ0v) is 14.2. The van der Waals surface area contributed by atoms with Crippen molar-refractivity contribution in [2.45, 2.75) is 6.54 Å². The summed E-state index contributed by atoms with van der Waals surface area (Å²) in [5.41, 5.74) is 1.05. The van der Waals surface area contributed by atoms with Crippen molar-refractivity contribution in [3.8, 4) is 11.3 Å². The highest BCUT2D eigenvalue weighted by molar-refractivity contribution is 5.89. The number of nitrogens with one attached hydrogen (secondary N) is 2. The number of urea groups is 1. The van der Waals surface area contributed by atoms with E-state index in [1.165, 1.54) is 10.7 Å². The minimum Gasteiger partial charge on any atom is -0.336 e. The van der Waals surface area contributed by atoms with E-state index in [0.717, 1.165) is 17.7 Å². The maximum Gasteiger partial charge on any atom is 0.319 e. The lowest BCUT2D eigenvalue weighted by molar-refractivity contribution is 0.251. The van der Waals surface area contributed by atoms with E-state index in [2.05, 4.69) is 15.7 Å². The Labute approximate surface area is 153 Å². The molecular weight excluding hydrogens is 354 g/mol. The molecule has 27 heavy (non-hydrogen) atoms. The highest BCUT2D eigenvalue weighted by Crippen LogP contribution is 2.15. The first-order valence-electron chi connectivity index (χ1n) is 8.16. The fraction of sp³-hybridized carbons (Fsp3) is 0.105. The minimum absolute atomic E-state index is 0.0970. The van der Waals surface area contributed by atoms with E-state index in [0.29, 0.717) is 11.8 Å². The largest absolute Gasteiger partial charge is 0.336 e.